The van der Waals surface area contributed by atoms with Gasteiger partial charge in [-0.25, -0.2) is 9.97 Å². The molecule has 0 saturated heterocycles. The third-order valence-corrected chi connectivity index (χ3v) is 2.44. The van der Waals surface area contributed by atoms with Crippen LogP contribution in [0.25, 0.3) is 0 Å². The topological polar surface area (TPSA) is 51.8 Å². The highest BCUT2D eigenvalue weighted by Crippen LogP contribution is 2.27. The summed E-state index contributed by atoms with van der Waals surface area (Å²) in [7, 11) is 0. The van der Waals surface area contributed by atoms with Gasteiger partial charge in [-0.15, -0.1) is 0 Å². The minimum absolute atomic E-state index is 0.0119. The van der Waals surface area contributed by atoms with Crippen LogP contribution in [0, 0.1) is 0 Å². The number of rotatable bonds is 0. The summed E-state index contributed by atoms with van der Waals surface area (Å²) in [5.74, 6) is -1.06. The molecule has 1 aromatic rings. The van der Waals surface area contributed by atoms with Crippen LogP contribution in [0.1, 0.15) is 23.5 Å². The van der Waals surface area contributed by atoms with Crippen molar-refractivity contribution in [1.82, 2.24) is 9.97 Å². The lowest BCUT2D eigenvalue weighted by Crippen LogP contribution is -2.29. The Kier molecular flexibility index (Phi) is 2.38. The molecule has 1 aliphatic rings. The second-order valence-corrected chi connectivity index (χ2v) is 3.67. The molecule has 0 saturated carbocycles. The van der Waals surface area contributed by atoms with Gasteiger partial charge in [0.15, 0.2) is 0 Å². The smallest absolute Gasteiger partial charge is 0.327 e. The van der Waals surface area contributed by atoms with Crippen molar-refractivity contribution in [2.24, 2.45) is 5.73 Å². The molecule has 1 atom stereocenters. The molecule has 0 aromatic carbocycles. The highest BCUT2D eigenvalue weighted by Gasteiger charge is 2.35. The normalized spacial score (nSPS) is 21.2. The Labute approximate surface area is 84.5 Å². The van der Waals surface area contributed by atoms with Crippen molar-refractivity contribution in [1.29, 1.82) is 0 Å². The predicted molar refractivity (Wildman–Crippen MR) is 47.0 cm³/mol. The van der Waals surface area contributed by atoms with Gasteiger partial charge in [0.2, 0.25) is 5.82 Å². The van der Waals surface area contributed by atoms with E-state index < -0.39 is 12.0 Å². The SMILES string of the molecule is NC1CCc2nc(C(F)(F)F)ncc2C1. The average Bonchev–Trinajstić information content (AvgIpc) is 2.15. The van der Waals surface area contributed by atoms with Crippen LogP contribution in [-0.4, -0.2) is 16.0 Å². The molecule has 0 amide bonds. The number of alkyl halides is 3. The van der Waals surface area contributed by atoms with Gasteiger partial charge in [-0.2, -0.15) is 13.2 Å². The first kappa shape index (κ1) is 10.4. The first-order valence-electron chi connectivity index (χ1n) is 4.64. The summed E-state index contributed by atoms with van der Waals surface area (Å²) in [6, 6.07) is 0.0119. The summed E-state index contributed by atoms with van der Waals surface area (Å²) < 4.78 is 36.9. The van der Waals surface area contributed by atoms with Gasteiger partial charge in [0.05, 0.1) is 0 Å². The maximum Gasteiger partial charge on any atom is 0.451 e. The molecule has 2 N–H and O–H groups in total. The summed E-state index contributed by atoms with van der Waals surface area (Å²) in [5, 5.41) is 0. The van der Waals surface area contributed by atoms with Gasteiger partial charge in [0.1, 0.15) is 0 Å². The summed E-state index contributed by atoms with van der Waals surface area (Å²) in [4.78, 5) is 6.83. The highest BCUT2D eigenvalue weighted by atomic mass is 19.4. The number of aromatic nitrogens is 2. The monoisotopic (exact) mass is 217 g/mol. The van der Waals surface area contributed by atoms with E-state index in [4.69, 9.17) is 5.73 Å². The van der Waals surface area contributed by atoms with E-state index in [9.17, 15) is 13.2 Å². The molecule has 1 aliphatic carbocycles. The molecular weight excluding hydrogens is 207 g/mol. The Hall–Kier alpha value is -1.17. The van der Waals surface area contributed by atoms with Crippen molar-refractivity contribution in [3.63, 3.8) is 0 Å². The number of hydrogen-bond acceptors (Lipinski definition) is 3. The van der Waals surface area contributed by atoms with E-state index in [1.165, 1.54) is 6.20 Å². The lowest BCUT2D eigenvalue weighted by molar-refractivity contribution is -0.145. The van der Waals surface area contributed by atoms with Crippen LogP contribution in [-0.2, 0) is 19.0 Å². The minimum atomic E-state index is -4.46. The van der Waals surface area contributed by atoms with Gasteiger partial charge in [0, 0.05) is 17.9 Å². The fourth-order valence-corrected chi connectivity index (χ4v) is 1.67. The molecule has 0 radical (unpaired) electrons. The third-order valence-electron chi connectivity index (χ3n) is 2.44. The fourth-order valence-electron chi connectivity index (χ4n) is 1.67. The average molecular weight is 217 g/mol. The van der Waals surface area contributed by atoms with Crippen molar-refractivity contribution in [2.45, 2.75) is 31.5 Å². The van der Waals surface area contributed by atoms with Gasteiger partial charge in [0.25, 0.3) is 0 Å². The Balaban J connectivity index is 2.35. The van der Waals surface area contributed by atoms with E-state index in [1.807, 2.05) is 0 Å². The van der Waals surface area contributed by atoms with Gasteiger partial charge in [-0.05, 0) is 24.8 Å². The molecule has 3 nitrogen and oxygen atoms in total. The number of nitrogens with zero attached hydrogens (tertiary/aromatic N) is 2. The number of hydrogen-bond donors (Lipinski definition) is 1. The van der Waals surface area contributed by atoms with Crippen molar-refractivity contribution in [3.8, 4) is 0 Å². The predicted octanol–water partition coefficient (Wildman–Crippen LogP) is 1.31. The first-order valence-corrected chi connectivity index (χ1v) is 4.64. The van der Waals surface area contributed by atoms with Gasteiger partial charge < -0.3 is 5.73 Å². The molecule has 1 aromatic heterocycles. The van der Waals surface area contributed by atoms with Crippen LogP contribution in [0.5, 0.6) is 0 Å². The van der Waals surface area contributed by atoms with Crippen LogP contribution in [0.4, 0.5) is 13.2 Å². The zero-order valence-electron chi connectivity index (χ0n) is 7.88. The molecule has 1 heterocycles. The molecule has 2 rings (SSSR count). The zero-order chi connectivity index (χ0) is 11.1. The van der Waals surface area contributed by atoms with E-state index >= 15 is 0 Å². The molecule has 15 heavy (non-hydrogen) atoms. The van der Waals surface area contributed by atoms with Crippen LogP contribution in [0.2, 0.25) is 0 Å². The van der Waals surface area contributed by atoms with Gasteiger partial charge >= 0.3 is 6.18 Å². The van der Waals surface area contributed by atoms with Crippen molar-refractivity contribution in [3.05, 3.63) is 23.3 Å². The second-order valence-electron chi connectivity index (χ2n) is 3.67. The first-order chi connectivity index (χ1) is 6.97. The number of aryl methyl sites for hydroxylation is 1. The quantitative estimate of drug-likeness (QED) is 0.712. The van der Waals surface area contributed by atoms with Gasteiger partial charge in [-0.3, -0.25) is 0 Å². The number of halogens is 3. The summed E-state index contributed by atoms with van der Waals surface area (Å²) in [6.45, 7) is 0. The molecule has 1 unspecified atom stereocenters. The van der Waals surface area contributed by atoms with Gasteiger partial charge in [-0.1, -0.05) is 0 Å². The Morgan fingerprint density at radius 1 is 1.40 bits per heavy atom. The van der Waals surface area contributed by atoms with Crippen molar-refractivity contribution < 1.29 is 13.2 Å². The van der Waals surface area contributed by atoms with Crippen molar-refractivity contribution >= 4 is 0 Å². The van der Waals surface area contributed by atoms with E-state index in [1.54, 1.807) is 0 Å². The summed E-state index contributed by atoms with van der Waals surface area (Å²) >= 11 is 0. The van der Waals surface area contributed by atoms with Crippen LogP contribution >= 0.6 is 0 Å². The lowest BCUT2D eigenvalue weighted by Gasteiger charge is -2.20. The minimum Gasteiger partial charge on any atom is -0.327 e. The molecule has 0 fully saturated rings. The Morgan fingerprint density at radius 3 is 2.80 bits per heavy atom. The lowest BCUT2D eigenvalue weighted by atomic mass is 9.93. The molecule has 82 valence electrons. The van der Waals surface area contributed by atoms with E-state index in [-0.39, 0.29) is 6.04 Å². The fraction of sp³-hybridized carbons (Fsp3) is 0.556. The maximum absolute atomic E-state index is 12.3. The Bertz CT molecular complexity index is 375. The van der Waals surface area contributed by atoms with Crippen LogP contribution in [0.15, 0.2) is 6.20 Å². The molecule has 0 spiro atoms. The standard InChI is InChI=1S/C9H10F3N3/c10-9(11,12)8-14-4-5-3-6(13)1-2-7(5)15-8/h4,6H,1-3,13H2. The highest BCUT2D eigenvalue weighted by molar-refractivity contribution is 5.22. The maximum atomic E-state index is 12.3. The second kappa shape index (κ2) is 3.44. The van der Waals surface area contributed by atoms with E-state index in [0.717, 1.165) is 5.56 Å². The van der Waals surface area contributed by atoms with Crippen molar-refractivity contribution in [2.75, 3.05) is 0 Å². The summed E-state index contributed by atoms with van der Waals surface area (Å²) in [5.41, 5.74) is 6.92. The number of nitrogens with two attached hydrogens (primary N) is 1. The summed E-state index contributed by atoms with van der Waals surface area (Å²) in [6.07, 6.45) is -1.48. The molecular formula is C9H10F3N3. The molecule has 0 bridgehead atoms. The van der Waals surface area contributed by atoms with Crippen LogP contribution in [0.3, 0.4) is 0 Å². The van der Waals surface area contributed by atoms with E-state index in [2.05, 4.69) is 9.97 Å². The zero-order valence-corrected chi connectivity index (χ0v) is 7.88. The Morgan fingerprint density at radius 2 is 2.13 bits per heavy atom. The third kappa shape index (κ3) is 2.09. The molecule has 6 heteroatoms. The largest absolute Gasteiger partial charge is 0.451 e. The molecule has 0 aliphatic heterocycles. The van der Waals surface area contributed by atoms with E-state index in [0.29, 0.717) is 25.0 Å². The number of fused-ring (bicyclic) bond motifs is 1. The van der Waals surface area contributed by atoms with Crippen LogP contribution < -0.4 is 5.73 Å².